The number of aromatic carboxylic acids is 1. The number of non-ortho nitro benzene ring substituents is 1. The van der Waals surface area contributed by atoms with Crippen LogP contribution in [-0.4, -0.2) is 52.0 Å². The van der Waals surface area contributed by atoms with Crippen molar-refractivity contribution in [3.63, 3.8) is 0 Å². The van der Waals surface area contributed by atoms with E-state index < -0.39 is 31.5 Å². The number of nitrogens with one attached hydrogen (secondary N) is 2. The number of hydrazone groups is 1. The fraction of sp³-hybridized carbons (Fsp3) is 0.130. The maximum absolute atomic E-state index is 13.2. The normalized spacial score (nSPS) is 11.1. The fourth-order valence-corrected chi connectivity index (χ4v) is 4.55. The third-order valence-corrected chi connectivity index (χ3v) is 6.40. The second-order valence-corrected chi connectivity index (χ2v) is 8.84. The monoisotopic (exact) mass is 530 g/mol. The number of carboxylic acids is 1. The molecule has 0 unspecified atom stereocenters. The van der Waals surface area contributed by atoms with Crippen molar-refractivity contribution in [2.75, 3.05) is 31.5 Å². The molecule has 0 saturated heterocycles. The molecule has 3 N–H and O–H groups in total. The molecule has 0 heterocycles. The zero-order valence-electron chi connectivity index (χ0n) is 19.8. The van der Waals surface area contributed by atoms with Crippen LogP contribution in [0.3, 0.4) is 0 Å². The van der Waals surface area contributed by atoms with Crippen molar-refractivity contribution >= 4 is 39.3 Å². The van der Waals surface area contributed by atoms with E-state index in [9.17, 15) is 28.4 Å². The Morgan fingerprint density at radius 2 is 1.70 bits per heavy atom. The average Bonchev–Trinajstić information content (AvgIpc) is 2.88. The Balaban J connectivity index is 2.01. The van der Waals surface area contributed by atoms with E-state index in [2.05, 4.69) is 15.2 Å². The van der Waals surface area contributed by atoms with Gasteiger partial charge in [0.05, 0.1) is 49.4 Å². The molecule has 0 aliphatic rings. The van der Waals surface area contributed by atoms with Crippen molar-refractivity contribution in [1.29, 1.82) is 0 Å². The Kier molecular flexibility index (Phi) is 8.14. The Morgan fingerprint density at radius 1 is 1.00 bits per heavy atom. The van der Waals surface area contributed by atoms with Crippen LogP contribution in [0.4, 0.5) is 17.1 Å². The van der Waals surface area contributed by atoms with E-state index in [1.165, 1.54) is 57.9 Å². The van der Waals surface area contributed by atoms with Crippen LogP contribution in [0.25, 0.3) is 0 Å². The molecule has 0 aliphatic carbocycles. The number of hydrogen-bond acceptors (Lipinski definition) is 10. The number of para-hydroxylation sites is 1. The Morgan fingerprint density at radius 3 is 2.32 bits per heavy atom. The fourth-order valence-electron chi connectivity index (χ4n) is 3.30. The van der Waals surface area contributed by atoms with Crippen LogP contribution in [0, 0.1) is 10.1 Å². The average molecular weight is 531 g/mol. The van der Waals surface area contributed by atoms with E-state index in [4.69, 9.17) is 14.2 Å². The summed E-state index contributed by atoms with van der Waals surface area (Å²) in [5.74, 6) is -0.324. The predicted molar refractivity (Wildman–Crippen MR) is 135 cm³/mol. The lowest BCUT2D eigenvalue weighted by molar-refractivity contribution is -0.385. The zero-order valence-corrected chi connectivity index (χ0v) is 20.6. The molecule has 3 aromatic rings. The molecular weight excluding hydrogens is 508 g/mol. The summed E-state index contributed by atoms with van der Waals surface area (Å²) in [5, 5.41) is 24.7. The number of ether oxygens (including phenoxy) is 3. The Labute approximate surface area is 211 Å². The first-order valence-corrected chi connectivity index (χ1v) is 11.8. The van der Waals surface area contributed by atoms with Crippen molar-refractivity contribution in [2.24, 2.45) is 5.10 Å². The molecule has 0 atom stereocenters. The molecule has 0 amide bonds. The van der Waals surface area contributed by atoms with Gasteiger partial charge < -0.3 is 19.3 Å². The first-order valence-electron chi connectivity index (χ1n) is 10.3. The van der Waals surface area contributed by atoms with E-state index in [1.807, 2.05) is 0 Å². The highest BCUT2D eigenvalue weighted by Gasteiger charge is 2.24. The van der Waals surface area contributed by atoms with Gasteiger partial charge in [-0.1, -0.05) is 12.1 Å². The first-order chi connectivity index (χ1) is 17.6. The van der Waals surface area contributed by atoms with E-state index >= 15 is 0 Å². The number of nitro groups is 1. The standard InChI is InChI=1S/C23H22N4O9S/c1-34-19-11-8-14(21(35-2)22(19)36-3)13-24-25-18-10-9-15(27(30)31)12-20(18)37(32,33)26-17-7-5-4-6-16(17)23(28)29/h4-13,25-26H,1-3H3,(H,28,29)/b24-13+. The second-order valence-electron chi connectivity index (χ2n) is 7.19. The summed E-state index contributed by atoms with van der Waals surface area (Å²) < 4.78 is 44.5. The lowest BCUT2D eigenvalue weighted by atomic mass is 10.2. The molecule has 0 aliphatic heterocycles. The lowest BCUT2D eigenvalue weighted by Gasteiger charge is -2.14. The van der Waals surface area contributed by atoms with Gasteiger partial charge in [0, 0.05) is 17.7 Å². The molecule has 13 nitrogen and oxygen atoms in total. The van der Waals surface area contributed by atoms with Gasteiger partial charge in [-0.15, -0.1) is 0 Å². The van der Waals surface area contributed by atoms with Crippen LogP contribution in [0.1, 0.15) is 15.9 Å². The summed E-state index contributed by atoms with van der Waals surface area (Å²) in [6.07, 6.45) is 1.33. The number of anilines is 2. The molecule has 14 heteroatoms. The van der Waals surface area contributed by atoms with Crippen LogP contribution in [0.5, 0.6) is 17.2 Å². The molecule has 0 spiro atoms. The van der Waals surface area contributed by atoms with E-state index in [0.717, 1.165) is 12.1 Å². The topological polar surface area (TPSA) is 179 Å². The highest BCUT2D eigenvalue weighted by atomic mass is 32.2. The van der Waals surface area contributed by atoms with Crippen LogP contribution in [-0.2, 0) is 10.0 Å². The number of carboxylic acid groups (broad SMARTS) is 1. The van der Waals surface area contributed by atoms with Gasteiger partial charge >= 0.3 is 5.97 Å². The summed E-state index contributed by atoms with van der Waals surface area (Å²) in [6, 6.07) is 11.7. The minimum Gasteiger partial charge on any atom is -0.493 e. The number of nitrogens with zero attached hydrogens (tertiary/aromatic N) is 2. The number of hydrogen-bond donors (Lipinski definition) is 3. The molecule has 3 rings (SSSR count). The van der Waals surface area contributed by atoms with Gasteiger partial charge in [-0.3, -0.25) is 20.3 Å². The highest BCUT2D eigenvalue weighted by Crippen LogP contribution is 2.39. The minimum absolute atomic E-state index is 0.110. The van der Waals surface area contributed by atoms with Gasteiger partial charge in [-0.25, -0.2) is 13.2 Å². The Hall–Kier alpha value is -4.85. The molecule has 194 valence electrons. The maximum Gasteiger partial charge on any atom is 0.337 e. The van der Waals surface area contributed by atoms with Gasteiger partial charge in [-0.05, 0) is 30.3 Å². The SMILES string of the molecule is COc1ccc(/C=N/Nc2ccc([N+](=O)[O-])cc2S(=O)(=O)Nc2ccccc2C(=O)O)c(OC)c1OC. The molecule has 3 aromatic carbocycles. The van der Waals surface area contributed by atoms with E-state index in [0.29, 0.717) is 22.8 Å². The molecule has 0 fully saturated rings. The first kappa shape index (κ1) is 26.7. The number of nitro benzene ring substituents is 1. The van der Waals surface area contributed by atoms with Crippen LogP contribution in [0.15, 0.2) is 64.6 Å². The van der Waals surface area contributed by atoms with Gasteiger partial charge in [-0.2, -0.15) is 5.10 Å². The highest BCUT2D eigenvalue weighted by molar-refractivity contribution is 7.93. The number of methoxy groups -OCH3 is 3. The van der Waals surface area contributed by atoms with Crippen molar-refractivity contribution in [3.8, 4) is 17.2 Å². The second kappa shape index (κ2) is 11.3. The lowest BCUT2D eigenvalue weighted by Crippen LogP contribution is -2.17. The molecule has 0 bridgehead atoms. The van der Waals surface area contributed by atoms with Crippen molar-refractivity contribution in [2.45, 2.75) is 4.90 Å². The van der Waals surface area contributed by atoms with Gasteiger partial charge in [0.15, 0.2) is 11.5 Å². The van der Waals surface area contributed by atoms with Crippen molar-refractivity contribution in [3.05, 3.63) is 75.8 Å². The maximum atomic E-state index is 13.2. The van der Waals surface area contributed by atoms with Crippen molar-refractivity contribution < 1.29 is 37.5 Å². The van der Waals surface area contributed by atoms with Gasteiger partial charge in [0.1, 0.15) is 4.90 Å². The van der Waals surface area contributed by atoms with Crippen molar-refractivity contribution in [1.82, 2.24) is 0 Å². The largest absolute Gasteiger partial charge is 0.493 e. The summed E-state index contributed by atoms with van der Waals surface area (Å²) in [5.41, 5.74) is 1.88. The molecule has 0 saturated carbocycles. The zero-order chi connectivity index (χ0) is 27.2. The summed E-state index contributed by atoms with van der Waals surface area (Å²) in [6.45, 7) is 0. The minimum atomic E-state index is -4.50. The van der Waals surface area contributed by atoms with Crippen LogP contribution in [0.2, 0.25) is 0 Å². The predicted octanol–water partition coefficient (Wildman–Crippen LogP) is 3.57. The summed E-state index contributed by atoms with van der Waals surface area (Å²) in [7, 11) is -0.181. The third kappa shape index (κ3) is 5.87. The molecule has 0 radical (unpaired) electrons. The smallest absolute Gasteiger partial charge is 0.337 e. The summed E-state index contributed by atoms with van der Waals surface area (Å²) in [4.78, 5) is 21.5. The number of benzene rings is 3. The van der Waals surface area contributed by atoms with Crippen LogP contribution >= 0.6 is 0 Å². The molecule has 0 aromatic heterocycles. The number of sulfonamides is 1. The summed E-state index contributed by atoms with van der Waals surface area (Å²) >= 11 is 0. The number of carbonyl (C=O) groups is 1. The Bertz CT molecular complexity index is 1470. The van der Waals surface area contributed by atoms with E-state index in [-0.39, 0.29) is 16.9 Å². The third-order valence-electron chi connectivity index (χ3n) is 4.99. The van der Waals surface area contributed by atoms with Gasteiger partial charge in [0.2, 0.25) is 5.75 Å². The van der Waals surface area contributed by atoms with E-state index in [1.54, 1.807) is 12.1 Å². The number of rotatable bonds is 11. The van der Waals surface area contributed by atoms with Crippen LogP contribution < -0.4 is 24.4 Å². The quantitative estimate of drug-likeness (QED) is 0.188. The molecule has 37 heavy (non-hydrogen) atoms. The van der Waals surface area contributed by atoms with Gasteiger partial charge in [0.25, 0.3) is 15.7 Å². The molecular formula is C23H22N4O9S.